The lowest BCUT2D eigenvalue weighted by molar-refractivity contribution is -0.159. The van der Waals surface area contributed by atoms with E-state index < -0.39 is 11.9 Å². The van der Waals surface area contributed by atoms with Crippen molar-refractivity contribution in [3.05, 3.63) is 0 Å². The molecule has 124 valence electrons. The highest BCUT2D eigenvalue weighted by atomic mass is 16.4. The second-order valence-electron chi connectivity index (χ2n) is 4.69. The molecule has 7 heteroatoms. The van der Waals surface area contributed by atoms with Gasteiger partial charge in [0, 0.05) is 13.5 Å². The van der Waals surface area contributed by atoms with Crippen molar-refractivity contribution in [2.24, 2.45) is 0 Å². The van der Waals surface area contributed by atoms with Crippen molar-refractivity contribution in [2.45, 2.75) is 65.2 Å². The zero-order valence-corrected chi connectivity index (χ0v) is 13.0. The summed E-state index contributed by atoms with van der Waals surface area (Å²) in [7, 11) is 0. The maximum atomic E-state index is 10.5. The SMILES string of the molecule is CCCCCCCCCCNNC(C)=O.O=C(O)C(=O)O. The molecule has 7 nitrogen and oxygen atoms in total. The van der Waals surface area contributed by atoms with Crippen molar-refractivity contribution in [1.29, 1.82) is 0 Å². The average molecular weight is 304 g/mol. The van der Waals surface area contributed by atoms with Crippen molar-refractivity contribution in [3.8, 4) is 0 Å². The molecule has 0 rings (SSSR count). The molecule has 0 fully saturated rings. The number of carbonyl (C=O) groups excluding carboxylic acids is 1. The zero-order chi connectivity index (χ0) is 16.5. The van der Waals surface area contributed by atoms with Gasteiger partial charge in [0.15, 0.2) is 0 Å². The molecule has 0 aromatic rings. The lowest BCUT2D eigenvalue weighted by Crippen LogP contribution is -2.36. The first-order valence-electron chi connectivity index (χ1n) is 7.37. The van der Waals surface area contributed by atoms with Crippen molar-refractivity contribution in [1.82, 2.24) is 10.9 Å². The van der Waals surface area contributed by atoms with Crippen LogP contribution in [-0.2, 0) is 14.4 Å². The maximum Gasteiger partial charge on any atom is 0.414 e. The van der Waals surface area contributed by atoms with Crippen LogP contribution in [0, 0.1) is 0 Å². The summed E-state index contributed by atoms with van der Waals surface area (Å²) in [5, 5.41) is 14.8. The van der Waals surface area contributed by atoms with E-state index >= 15 is 0 Å². The van der Waals surface area contributed by atoms with Crippen LogP contribution in [0.3, 0.4) is 0 Å². The highest BCUT2D eigenvalue weighted by molar-refractivity contribution is 6.27. The summed E-state index contributed by atoms with van der Waals surface area (Å²) in [4.78, 5) is 28.7. The second-order valence-corrected chi connectivity index (χ2v) is 4.69. The Labute approximate surface area is 126 Å². The smallest absolute Gasteiger partial charge is 0.414 e. The predicted octanol–water partition coefficient (Wildman–Crippen LogP) is 1.92. The summed E-state index contributed by atoms with van der Waals surface area (Å²) >= 11 is 0. The number of carboxylic acids is 2. The Kier molecular flexibility index (Phi) is 16.9. The fraction of sp³-hybridized carbons (Fsp3) is 0.786. The molecule has 0 spiro atoms. The lowest BCUT2D eigenvalue weighted by Gasteiger charge is -2.04. The van der Waals surface area contributed by atoms with Crippen LogP contribution in [0.4, 0.5) is 0 Å². The van der Waals surface area contributed by atoms with Gasteiger partial charge in [-0.05, 0) is 6.42 Å². The fourth-order valence-corrected chi connectivity index (χ4v) is 1.53. The molecule has 0 unspecified atom stereocenters. The average Bonchev–Trinajstić information content (AvgIpc) is 2.41. The van der Waals surface area contributed by atoms with Gasteiger partial charge in [0.1, 0.15) is 0 Å². The Morgan fingerprint density at radius 3 is 1.62 bits per heavy atom. The normalized spacial score (nSPS) is 9.43. The van der Waals surface area contributed by atoms with Crippen LogP contribution in [-0.4, -0.2) is 34.6 Å². The van der Waals surface area contributed by atoms with E-state index in [4.69, 9.17) is 19.8 Å². The van der Waals surface area contributed by atoms with Crippen molar-refractivity contribution in [2.75, 3.05) is 6.54 Å². The molecule has 0 heterocycles. The molecule has 0 bridgehead atoms. The number of carboxylic acid groups (broad SMARTS) is 2. The standard InChI is InChI=1S/C12H26N2O.C2H2O4/c1-3-4-5-6-7-8-9-10-11-13-14-12(2)15;3-1(4)2(5)6/h13H,3-11H2,1-2H3,(H,14,15);(H,3,4)(H,5,6). The molecular formula is C14H28N2O5. The molecule has 0 aliphatic carbocycles. The zero-order valence-electron chi connectivity index (χ0n) is 13.0. The van der Waals surface area contributed by atoms with Crippen molar-refractivity contribution < 1.29 is 24.6 Å². The number of rotatable bonds is 10. The highest BCUT2D eigenvalue weighted by Crippen LogP contribution is 2.07. The number of hydrogen-bond acceptors (Lipinski definition) is 4. The molecule has 0 aromatic heterocycles. The third-order valence-corrected chi connectivity index (χ3v) is 2.60. The van der Waals surface area contributed by atoms with Crippen LogP contribution in [0.2, 0.25) is 0 Å². The van der Waals surface area contributed by atoms with Crippen LogP contribution in [0.5, 0.6) is 0 Å². The van der Waals surface area contributed by atoms with Crippen LogP contribution >= 0.6 is 0 Å². The van der Waals surface area contributed by atoms with Crippen molar-refractivity contribution >= 4 is 17.8 Å². The topological polar surface area (TPSA) is 116 Å². The summed E-state index contributed by atoms with van der Waals surface area (Å²) in [6, 6.07) is 0. The van der Waals surface area contributed by atoms with E-state index in [1.807, 2.05) is 0 Å². The number of hydrogen-bond donors (Lipinski definition) is 4. The molecular weight excluding hydrogens is 276 g/mol. The molecule has 0 aromatic carbocycles. The van der Waals surface area contributed by atoms with Gasteiger partial charge in [-0.1, -0.05) is 51.9 Å². The molecule has 0 aliphatic heterocycles. The Bertz CT molecular complexity index is 283. The minimum Gasteiger partial charge on any atom is -0.473 e. The van der Waals surface area contributed by atoms with Gasteiger partial charge in [0.25, 0.3) is 0 Å². The maximum absolute atomic E-state index is 10.5. The highest BCUT2D eigenvalue weighted by Gasteiger charge is 2.04. The summed E-state index contributed by atoms with van der Waals surface area (Å²) in [5.74, 6) is -3.67. The van der Waals surface area contributed by atoms with Gasteiger partial charge in [-0.25, -0.2) is 15.0 Å². The van der Waals surface area contributed by atoms with E-state index in [1.165, 1.54) is 51.9 Å². The Morgan fingerprint density at radius 1 is 0.810 bits per heavy atom. The van der Waals surface area contributed by atoms with E-state index in [1.54, 1.807) is 0 Å². The molecule has 0 saturated carbocycles. The molecule has 0 aliphatic rings. The first-order chi connectivity index (χ1) is 9.91. The summed E-state index contributed by atoms with van der Waals surface area (Å²) < 4.78 is 0. The predicted molar refractivity (Wildman–Crippen MR) is 79.7 cm³/mol. The van der Waals surface area contributed by atoms with Gasteiger partial charge in [-0.15, -0.1) is 0 Å². The van der Waals surface area contributed by atoms with E-state index in [2.05, 4.69) is 17.8 Å². The number of amides is 1. The molecule has 0 radical (unpaired) electrons. The first kappa shape index (κ1) is 21.7. The van der Waals surface area contributed by atoms with E-state index in [0.29, 0.717) is 0 Å². The minimum atomic E-state index is -1.82. The van der Waals surface area contributed by atoms with Crippen LogP contribution < -0.4 is 10.9 Å². The molecule has 1 amide bonds. The fourth-order valence-electron chi connectivity index (χ4n) is 1.53. The monoisotopic (exact) mass is 304 g/mol. The molecule has 4 N–H and O–H groups in total. The van der Waals surface area contributed by atoms with Gasteiger partial charge < -0.3 is 10.2 Å². The summed E-state index contributed by atoms with van der Waals surface area (Å²) in [6.45, 7) is 4.64. The number of hydrazine groups is 1. The third-order valence-electron chi connectivity index (χ3n) is 2.60. The minimum absolute atomic E-state index is 0.0189. The first-order valence-corrected chi connectivity index (χ1v) is 7.37. The van der Waals surface area contributed by atoms with Crippen LogP contribution in [0.1, 0.15) is 65.2 Å². The lowest BCUT2D eigenvalue weighted by atomic mass is 10.1. The van der Waals surface area contributed by atoms with Gasteiger partial charge >= 0.3 is 11.9 Å². The number of unbranched alkanes of at least 4 members (excludes halogenated alkanes) is 7. The Morgan fingerprint density at radius 2 is 1.24 bits per heavy atom. The second kappa shape index (κ2) is 16.4. The van der Waals surface area contributed by atoms with Crippen LogP contribution in [0.25, 0.3) is 0 Å². The van der Waals surface area contributed by atoms with Gasteiger partial charge in [0.2, 0.25) is 5.91 Å². The Balaban J connectivity index is 0. The third kappa shape index (κ3) is 23.8. The van der Waals surface area contributed by atoms with Crippen LogP contribution in [0.15, 0.2) is 0 Å². The molecule has 0 atom stereocenters. The quantitative estimate of drug-likeness (QED) is 0.278. The number of carbonyl (C=O) groups is 3. The Hall–Kier alpha value is -1.63. The number of aliphatic carboxylic acids is 2. The van der Waals surface area contributed by atoms with Gasteiger partial charge in [0.05, 0.1) is 0 Å². The summed E-state index contributed by atoms with van der Waals surface area (Å²) in [5.41, 5.74) is 5.47. The van der Waals surface area contributed by atoms with Crippen molar-refractivity contribution in [3.63, 3.8) is 0 Å². The molecule has 0 saturated heterocycles. The largest absolute Gasteiger partial charge is 0.473 e. The summed E-state index contributed by atoms with van der Waals surface area (Å²) in [6.07, 6.45) is 10.6. The van der Waals surface area contributed by atoms with E-state index in [-0.39, 0.29) is 5.91 Å². The van der Waals surface area contributed by atoms with Gasteiger partial charge in [-0.3, -0.25) is 10.2 Å². The van der Waals surface area contributed by atoms with E-state index in [0.717, 1.165) is 13.0 Å². The van der Waals surface area contributed by atoms with Gasteiger partial charge in [-0.2, -0.15) is 0 Å². The number of nitrogens with one attached hydrogen (secondary N) is 2. The van der Waals surface area contributed by atoms with E-state index in [9.17, 15) is 4.79 Å². The molecule has 21 heavy (non-hydrogen) atoms.